The van der Waals surface area contributed by atoms with Crippen molar-refractivity contribution < 1.29 is 14.3 Å². The van der Waals surface area contributed by atoms with E-state index in [1.807, 2.05) is 36.4 Å². The van der Waals surface area contributed by atoms with Gasteiger partial charge >= 0.3 is 0 Å². The summed E-state index contributed by atoms with van der Waals surface area (Å²) in [5.41, 5.74) is 1.66. The van der Waals surface area contributed by atoms with Crippen LogP contribution in [0.5, 0.6) is 11.5 Å². The predicted octanol–water partition coefficient (Wildman–Crippen LogP) is 4.58. The van der Waals surface area contributed by atoms with Crippen molar-refractivity contribution in [2.24, 2.45) is 0 Å². The van der Waals surface area contributed by atoms with E-state index in [9.17, 15) is 4.79 Å². The number of methoxy groups -OCH3 is 1. The highest BCUT2D eigenvalue weighted by Gasteiger charge is 2.05. The molecule has 0 unspecified atom stereocenters. The molecule has 2 aromatic carbocycles. The summed E-state index contributed by atoms with van der Waals surface area (Å²) in [4.78, 5) is 12.2. The number of ether oxygens (including phenoxy) is 2. The van der Waals surface area contributed by atoms with Crippen LogP contribution in [0, 0.1) is 0 Å². The Labute approximate surface area is 150 Å². The Balaban J connectivity index is 1.77. The Morgan fingerprint density at radius 2 is 1.60 bits per heavy atom. The highest BCUT2D eigenvalue weighted by atomic mass is 16.5. The fourth-order valence-corrected chi connectivity index (χ4v) is 2.45. The second-order valence-electron chi connectivity index (χ2n) is 5.96. The van der Waals surface area contributed by atoms with E-state index in [0.29, 0.717) is 12.1 Å². The minimum Gasteiger partial charge on any atom is -0.497 e. The van der Waals surface area contributed by atoms with Crippen LogP contribution in [0.4, 0.5) is 0 Å². The molecule has 134 valence electrons. The van der Waals surface area contributed by atoms with Crippen LogP contribution >= 0.6 is 0 Å². The zero-order valence-electron chi connectivity index (χ0n) is 15.1. The van der Waals surface area contributed by atoms with Gasteiger partial charge in [0.25, 0.3) is 5.91 Å². The smallest absolute Gasteiger partial charge is 0.251 e. The number of carbonyl (C=O) groups excluding carboxylic acids is 1. The first-order valence-electron chi connectivity index (χ1n) is 8.87. The Hall–Kier alpha value is -2.49. The van der Waals surface area contributed by atoms with Gasteiger partial charge in [-0.25, -0.2) is 0 Å². The van der Waals surface area contributed by atoms with Crippen molar-refractivity contribution in [1.82, 2.24) is 5.32 Å². The molecular weight excluding hydrogens is 314 g/mol. The number of benzene rings is 2. The number of rotatable bonds is 10. The predicted molar refractivity (Wildman–Crippen MR) is 100 cm³/mol. The molecular formula is C21H27NO3. The molecule has 0 saturated carbocycles. The van der Waals surface area contributed by atoms with Gasteiger partial charge in [-0.2, -0.15) is 0 Å². The molecule has 0 spiro atoms. The molecule has 0 aliphatic heterocycles. The summed E-state index contributed by atoms with van der Waals surface area (Å²) in [7, 11) is 1.63. The molecule has 1 amide bonds. The maximum atomic E-state index is 12.2. The first-order valence-corrected chi connectivity index (χ1v) is 8.87. The molecule has 1 N–H and O–H groups in total. The molecule has 4 nitrogen and oxygen atoms in total. The molecule has 0 heterocycles. The molecule has 0 bridgehead atoms. The van der Waals surface area contributed by atoms with Gasteiger partial charge in [0.1, 0.15) is 11.5 Å². The average molecular weight is 341 g/mol. The van der Waals surface area contributed by atoms with Crippen LogP contribution in [-0.4, -0.2) is 19.6 Å². The average Bonchev–Trinajstić information content (AvgIpc) is 2.67. The van der Waals surface area contributed by atoms with Gasteiger partial charge in [-0.3, -0.25) is 4.79 Å². The van der Waals surface area contributed by atoms with Crippen molar-refractivity contribution in [3.8, 4) is 11.5 Å². The van der Waals surface area contributed by atoms with Crippen LogP contribution in [0.2, 0.25) is 0 Å². The zero-order chi connectivity index (χ0) is 17.9. The normalized spacial score (nSPS) is 10.3. The Morgan fingerprint density at radius 1 is 0.920 bits per heavy atom. The molecule has 2 aromatic rings. The van der Waals surface area contributed by atoms with E-state index in [0.717, 1.165) is 30.1 Å². The zero-order valence-corrected chi connectivity index (χ0v) is 15.1. The van der Waals surface area contributed by atoms with E-state index >= 15 is 0 Å². The van der Waals surface area contributed by atoms with Crippen molar-refractivity contribution in [3.05, 3.63) is 59.7 Å². The SMILES string of the molecule is CCCCCCOc1ccc(C(=O)NCc2ccc(OC)cc2)cc1. The third-order valence-corrected chi connectivity index (χ3v) is 4.00. The van der Waals surface area contributed by atoms with Gasteiger partial charge in [0, 0.05) is 12.1 Å². The fourth-order valence-electron chi connectivity index (χ4n) is 2.45. The van der Waals surface area contributed by atoms with E-state index in [1.54, 1.807) is 19.2 Å². The molecule has 0 saturated heterocycles. The summed E-state index contributed by atoms with van der Waals surface area (Å²) >= 11 is 0. The number of nitrogens with one attached hydrogen (secondary N) is 1. The number of carbonyl (C=O) groups is 1. The van der Waals surface area contributed by atoms with E-state index < -0.39 is 0 Å². The van der Waals surface area contributed by atoms with E-state index in [2.05, 4.69) is 12.2 Å². The molecule has 0 atom stereocenters. The number of amides is 1. The molecule has 25 heavy (non-hydrogen) atoms. The largest absolute Gasteiger partial charge is 0.497 e. The van der Waals surface area contributed by atoms with Crippen LogP contribution in [-0.2, 0) is 6.54 Å². The van der Waals surface area contributed by atoms with Crippen LogP contribution in [0.3, 0.4) is 0 Å². The lowest BCUT2D eigenvalue weighted by Crippen LogP contribution is -2.22. The quantitative estimate of drug-likeness (QED) is 0.643. The van der Waals surface area contributed by atoms with E-state index in [4.69, 9.17) is 9.47 Å². The third-order valence-electron chi connectivity index (χ3n) is 4.00. The Kier molecular flexibility index (Phi) is 7.83. The number of hydrogen-bond acceptors (Lipinski definition) is 3. The number of unbranched alkanes of at least 4 members (excludes halogenated alkanes) is 3. The maximum absolute atomic E-state index is 12.2. The summed E-state index contributed by atoms with van der Waals surface area (Å²) in [6.07, 6.45) is 4.73. The third kappa shape index (κ3) is 6.49. The van der Waals surface area contributed by atoms with Gasteiger partial charge in [0.05, 0.1) is 13.7 Å². The van der Waals surface area contributed by atoms with Gasteiger partial charge in [0.2, 0.25) is 0 Å². The molecule has 0 fully saturated rings. The van der Waals surface area contributed by atoms with Crippen molar-refractivity contribution in [1.29, 1.82) is 0 Å². The van der Waals surface area contributed by atoms with Crippen molar-refractivity contribution in [2.75, 3.05) is 13.7 Å². The summed E-state index contributed by atoms with van der Waals surface area (Å²) in [5.74, 6) is 1.52. The van der Waals surface area contributed by atoms with Gasteiger partial charge in [-0.05, 0) is 48.4 Å². The van der Waals surface area contributed by atoms with E-state index in [1.165, 1.54) is 19.3 Å². The van der Waals surface area contributed by atoms with Crippen LogP contribution in [0.25, 0.3) is 0 Å². The maximum Gasteiger partial charge on any atom is 0.251 e. The van der Waals surface area contributed by atoms with Gasteiger partial charge in [-0.15, -0.1) is 0 Å². The topological polar surface area (TPSA) is 47.6 Å². The molecule has 2 rings (SSSR count). The van der Waals surface area contributed by atoms with Gasteiger partial charge in [0.15, 0.2) is 0 Å². The lowest BCUT2D eigenvalue weighted by Gasteiger charge is -2.08. The van der Waals surface area contributed by atoms with Gasteiger partial charge < -0.3 is 14.8 Å². The number of hydrogen-bond donors (Lipinski definition) is 1. The van der Waals surface area contributed by atoms with Crippen molar-refractivity contribution >= 4 is 5.91 Å². The minimum absolute atomic E-state index is 0.0923. The second-order valence-corrected chi connectivity index (χ2v) is 5.96. The van der Waals surface area contributed by atoms with Crippen molar-refractivity contribution in [3.63, 3.8) is 0 Å². The molecule has 0 aromatic heterocycles. The highest BCUT2D eigenvalue weighted by Crippen LogP contribution is 2.14. The van der Waals surface area contributed by atoms with Crippen LogP contribution in [0.1, 0.15) is 48.5 Å². The Morgan fingerprint density at radius 3 is 2.24 bits per heavy atom. The second kappa shape index (κ2) is 10.4. The highest BCUT2D eigenvalue weighted by molar-refractivity contribution is 5.94. The van der Waals surface area contributed by atoms with Crippen LogP contribution in [0.15, 0.2) is 48.5 Å². The monoisotopic (exact) mass is 341 g/mol. The van der Waals surface area contributed by atoms with Gasteiger partial charge in [-0.1, -0.05) is 38.3 Å². The fraction of sp³-hybridized carbons (Fsp3) is 0.381. The summed E-state index contributed by atoms with van der Waals surface area (Å²) < 4.78 is 10.8. The first kappa shape index (κ1) is 18.8. The Bertz CT molecular complexity index is 635. The molecule has 4 heteroatoms. The van der Waals surface area contributed by atoms with E-state index in [-0.39, 0.29) is 5.91 Å². The molecule has 0 radical (unpaired) electrons. The molecule has 0 aliphatic carbocycles. The van der Waals surface area contributed by atoms with Crippen LogP contribution < -0.4 is 14.8 Å². The lowest BCUT2D eigenvalue weighted by molar-refractivity contribution is 0.0951. The standard InChI is InChI=1S/C21H27NO3/c1-3-4-5-6-15-25-20-13-9-18(10-14-20)21(23)22-16-17-7-11-19(24-2)12-8-17/h7-14H,3-6,15-16H2,1-2H3,(H,22,23). The molecule has 0 aliphatic rings. The summed E-state index contributed by atoms with van der Waals surface area (Å²) in [6.45, 7) is 3.40. The first-order chi connectivity index (χ1) is 12.2. The summed E-state index contributed by atoms with van der Waals surface area (Å²) in [5, 5.41) is 2.92. The minimum atomic E-state index is -0.0923. The lowest BCUT2D eigenvalue weighted by atomic mass is 10.2. The summed E-state index contributed by atoms with van der Waals surface area (Å²) in [6, 6.07) is 14.9. The van der Waals surface area contributed by atoms with Crippen molar-refractivity contribution in [2.45, 2.75) is 39.2 Å².